The van der Waals surface area contributed by atoms with E-state index in [0.29, 0.717) is 0 Å². The van der Waals surface area contributed by atoms with E-state index in [2.05, 4.69) is 90.1 Å². The molecular weight excluding hydrogens is 537 g/mol. The van der Waals surface area contributed by atoms with Crippen LogP contribution in [0, 0.1) is 17.9 Å². The zero-order valence-electron chi connectivity index (χ0n) is 26.3. The number of nitrogens with zero attached hydrogens (tertiary/aromatic N) is 1. The number of benzene rings is 3. The lowest BCUT2D eigenvalue weighted by Crippen LogP contribution is -2.66. The summed E-state index contributed by atoms with van der Waals surface area (Å²) in [6.45, 7) is 15.3. The summed E-state index contributed by atoms with van der Waals surface area (Å²) in [4.78, 5) is 0. The third-order valence-corrected chi connectivity index (χ3v) is 13.4. The van der Waals surface area contributed by atoms with Crippen LogP contribution >= 0.6 is 0 Å². The van der Waals surface area contributed by atoms with Crippen LogP contribution in [-0.2, 0) is 17.5 Å². The second-order valence-electron chi connectivity index (χ2n) is 12.7. The first kappa shape index (κ1) is 31.6. The number of aromatic nitrogens is 1. The van der Waals surface area contributed by atoms with Gasteiger partial charge in [-0.05, 0) is 45.9 Å². The summed E-state index contributed by atoms with van der Waals surface area (Å²) < 4.78 is 22.7. The Bertz CT molecular complexity index is 1420. The van der Waals surface area contributed by atoms with Gasteiger partial charge in [-0.3, -0.25) is 0 Å². The smallest absolute Gasteiger partial charge is 0.261 e. The van der Waals surface area contributed by atoms with E-state index in [1.54, 1.807) is 0 Å². The molecule has 0 unspecified atom stereocenters. The summed E-state index contributed by atoms with van der Waals surface area (Å²) in [6, 6.07) is 27.9. The number of hydrogen-bond donors (Lipinski definition) is 0. The highest BCUT2D eigenvalue weighted by molar-refractivity contribution is 6.99. The summed E-state index contributed by atoms with van der Waals surface area (Å²) in [6.07, 6.45) is 3.96. The zero-order chi connectivity index (χ0) is 30.5. The maximum Gasteiger partial charge on any atom is 0.261 e. The molecule has 3 nitrogen and oxygen atoms in total. The highest BCUT2D eigenvalue weighted by Gasteiger charge is 2.50. The van der Waals surface area contributed by atoms with Crippen LogP contribution in [0.1, 0.15) is 89.2 Å². The molecule has 0 atom stereocenters. The summed E-state index contributed by atoms with van der Waals surface area (Å²) in [5.74, 6) is -0.296. The molecule has 0 aliphatic rings. The lowest BCUT2D eigenvalue weighted by molar-refractivity contribution is -0.623. The van der Waals surface area contributed by atoms with E-state index in [1.165, 1.54) is 22.5 Å². The lowest BCUT2D eigenvalue weighted by atomic mass is 9.87. The first-order chi connectivity index (χ1) is 20.0. The maximum atomic E-state index is 14.1. The molecule has 0 aliphatic carbocycles. The van der Waals surface area contributed by atoms with Crippen molar-refractivity contribution in [1.82, 2.24) is 0 Å². The molecule has 1 aromatic heterocycles. The molecular formula is C37H46FNO2Si. The van der Waals surface area contributed by atoms with E-state index in [0.717, 1.165) is 64.1 Å². The maximum absolute atomic E-state index is 14.1. The van der Waals surface area contributed by atoms with Crippen molar-refractivity contribution < 1.29 is 13.5 Å². The van der Waals surface area contributed by atoms with Gasteiger partial charge < -0.3 is 9.63 Å². The molecule has 5 heteroatoms. The Morgan fingerprint density at radius 1 is 0.833 bits per heavy atom. The minimum Gasteiger partial charge on any atom is -0.618 e. The van der Waals surface area contributed by atoms with E-state index >= 15 is 0 Å². The van der Waals surface area contributed by atoms with Gasteiger partial charge in [-0.25, -0.2) is 4.39 Å². The molecule has 1 heterocycles. The van der Waals surface area contributed by atoms with Crippen molar-refractivity contribution in [2.75, 3.05) is 0 Å². The summed E-state index contributed by atoms with van der Waals surface area (Å²) in [7, 11) is -2.87. The number of pyridine rings is 1. The van der Waals surface area contributed by atoms with Gasteiger partial charge in [-0.1, -0.05) is 127 Å². The molecule has 0 spiro atoms. The van der Waals surface area contributed by atoms with Gasteiger partial charge in [0.15, 0.2) is 5.69 Å². The first-order valence-corrected chi connectivity index (χ1v) is 17.2. The topological polar surface area (TPSA) is 36.2 Å². The highest BCUT2D eigenvalue weighted by Crippen LogP contribution is 2.40. The fourth-order valence-corrected chi connectivity index (χ4v) is 10.9. The standard InChI is InChI=1S/C37H46FNO2Si/c1-8-9-12-21-33-28(4)39(40)36(27(2)3)34(35(33)29-22-24-30(38)25-23-29)26-41-42(37(5,6)7,31-17-13-10-14-18-31)32-19-15-11-16-20-32/h10-11,13-20,22-25,27H,8-9,12,21,26H2,1-7H3. The van der Waals surface area contributed by atoms with Crippen LogP contribution in [0.15, 0.2) is 84.9 Å². The molecule has 4 aromatic rings. The predicted molar refractivity (Wildman–Crippen MR) is 175 cm³/mol. The van der Waals surface area contributed by atoms with Crippen LogP contribution in [-0.4, -0.2) is 8.32 Å². The van der Waals surface area contributed by atoms with E-state index in [4.69, 9.17) is 4.43 Å². The Kier molecular flexibility index (Phi) is 10.1. The average Bonchev–Trinajstić information content (AvgIpc) is 2.96. The Labute approximate surface area is 253 Å². The molecule has 0 aliphatic heterocycles. The Balaban J connectivity index is 2.01. The van der Waals surface area contributed by atoms with Crippen molar-refractivity contribution in [3.63, 3.8) is 0 Å². The van der Waals surface area contributed by atoms with Crippen molar-refractivity contribution in [1.29, 1.82) is 0 Å². The number of unbranched alkanes of at least 4 members (excludes halogenated alkanes) is 2. The van der Waals surface area contributed by atoms with Crippen molar-refractivity contribution in [2.45, 2.75) is 91.7 Å². The largest absolute Gasteiger partial charge is 0.618 e. The van der Waals surface area contributed by atoms with E-state index in [9.17, 15) is 9.60 Å². The monoisotopic (exact) mass is 583 g/mol. The SMILES string of the molecule is CCCCCc1c(-c2ccc(F)cc2)c(CO[Si](c2ccccc2)(c2ccccc2)C(C)(C)C)c(C(C)C)[n+]([O-])c1C. The zero-order valence-corrected chi connectivity index (χ0v) is 27.3. The highest BCUT2D eigenvalue weighted by atomic mass is 28.4. The van der Waals surface area contributed by atoms with Gasteiger partial charge in [0.05, 0.1) is 12.2 Å². The third-order valence-electron chi connectivity index (χ3n) is 8.43. The summed E-state index contributed by atoms with van der Waals surface area (Å²) in [5.41, 5.74) is 5.35. The molecule has 0 radical (unpaired) electrons. The molecule has 4 rings (SSSR count). The van der Waals surface area contributed by atoms with E-state index in [-0.39, 0.29) is 23.4 Å². The normalized spacial score (nSPS) is 12.2. The number of halogens is 1. The number of rotatable bonds is 11. The molecule has 222 valence electrons. The molecule has 0 saturated heterocycles. The van der Waals surface area contributed by atoms with Crippen LogP contribution in [0.4, 0.5) is 4.39 Å². The Morgan fingerprint density at radius 3 is 1.86 bits per heavy atom. The predicted octanol–water partition coefficient (Wildman–Crippen LogP) is 8.37. The molecule has 0 fully saturated rings. The van der Waals surface area contributed by atoms with Crippen LogP contribution < -0.4 is 15.1 Å². The summed E-state index contributed by atoms with van der Waals surface area (Å²) in [5, 5.41) is 16.2. The van der Waals surface area contributed by atoms with Gasteiger partial charge in [0.25, 0.3) is 8.32 Å². The lowest BCUT2D eigenvalue weighted by Gasteiger charge is -2.43. The van der Waals surface area contributed by atoms with Crippen molar-refractivity contribution in [3.8, 4) is 11.1 Å². The molecule has 3 aromatic carbocycles. The van der Waals surface area contributed by atoms with Gasteiger partial charge in [0.2, 0.25) is 5.69 Å². The molecule has 42 heavy (non-hydrogen) atoms. The second kappa shape index (κ2) is 13.3. The fraction of sp³-hybridized carbons (Fsp3) is 0.378. The van der Waals surface area contributed by atoms with Gasteiger partial charge in [0.1, 0.15) is 5.82 Å². The van der Waals surface area contributed by atoms with E-state index < -0.39 is 8.32 Å². The first-order valence-electron chi connectivity index (χ1n) is 15.3. The summed E-state index contributed by atoms with van der Waals surface area (Å²) >= 11 is 0. The average molecular weight is 584 g/mol. The van der Waals surface area contributed by atoms with Crippen LogP contribution in [0.25, 0.3) is 11.1 Å². The van der Waals surface area contributed by atoms with Gasteiger partial charge in [-0.2, -0.15) is 4.73 Å². The van der Waals surface area contributed by atoms with Crippen LogP contribution in [0.3, 0.4) is 0 Å². The Hall–Kier alpha value is -3.28. The van der Waals surface area contributed by atoms with Crippen molar-refractivity contribution >= 4 is 18.7 Å². The van der Waals surface area contributed by atoms with Gasteiger partial charge in [0, 0.05) is 24.0 Å². The third kappa shape index (κ3) is 6.23. The van der Waals surface area contributed by atoms with Crippen LogP contribution in [0.5, 0.6) is 0 Å². The minimum absolute atomic E-state index is 0.0251. The van der Waals surface area contributed by atoms with Gasteiger partial charge >= 0.3 is 0 Å². The Morgan fingerprint density at radius 2 is 1.38 bits per heavy atom. The number of hydrogen-bond acceptors (Lipinski definition) is 2. The molecule has 0 N–H and O–H groups in total. The molecule has 0 saturated carbocycles. The second-order valence-corrected chi connectivity index (χ2v) is 17.0. The molecule has 0 bridgehead atoms. The van der Waals surface area contributed by atoms with Crippen LogP contribution in [0.2, 0.25) is 5.04 Å². The minimum atomic E-state index is -2.87. The quantitative estimate of drug-likeness (QED) is 0.0770. The van der Waals surface area contributed by atoms with E-state index in [1.807, 2.05) is 31.2 Å². The van der Waals surface area contributed by atoms with Crippen molar-refractivity contribution in [2.24, 2.45) is 0 Å². The fourth-order valence-electron chi connectivity index (χ4n) is 6.41. The van der Waals surface area contributed by atoms with Crippen molar-refractivity contribution in [3.05, 3.63) is 118 Å². The molecule has 0 amide bonds. The van der Waals surface area contributed by atoms with Gasteiger partial charge in [-0.15, -0.1) is 0 Å².